The Morgan fingerprint density at radius 2 is 2.14 bits per heavy atom. The van der Waals surface area contributed by atoms with Crippen molar-refractivity contribution in [1.82, 2.24) is 15.5 Å². The summed E-state index contributed by atoms with van der Waals surface area (Å²) in [7, 11) is 3.83. The number of hydrogen-bond donors (Lipinski definition) is 1. The van der Waals surface area contributed by atoms with Crippen molar-refractivity contribution in [1.29, 1.82) is 0 Å². The van der Waals surface area contributed by atoms with Gasteiger partial charge >= 0.3 is 0 Å². The van der Waals surface area contributed by atoms with E-state index >= 15 is 0 Å². The molecule has 0 saturated heterocycles. The molecule has 1 N–H and O–H groups in total. The van der Waals surface area contributed by atoms with Gasteiger partial charge in [0.15, 0.2) is 4.34 Å². The quantitative estimate of drug-likeness (QED) is 0.790. The number of nitrogens with one attached hydrogen (secondary N) is 1. The molecule has 1 aromatic heterocycles. The van der Waals surface area contributed by atoms with Crippen LogP contribution in [0.25, 0.3) is 0 Å². The third kappa shape index (κ3) is 4.39. The van der Waals surface area contributed by atoms with Crippen LogP contribution in [0.2, 0.25) is 0 Å². The lowest BCUT2D eigenvalue weighted by Crippen LogP contribution is -2.14. The van der Waals surface area contributed by atoms with Crippen molar-refractivity contribution in [3.63, 3.8) is 0 Å². The van der Waals surface area contributed by atoms with Crippen molar-refractivity contribution in [3.05, 3.63) is 29.6 Å². The Bertz CT molecular complexity index is 586. The first kappa shape index (κ1) is 16.2. The third-order valence-corrected chi connectivity index (χ3v) is 5.06. The second-order valence-corrected chi connectivity index (χ2v) is 6.97. The molecule has 0 unspecified atom stereocenters. The van der Waals surface area contributed by atoms with Crippen LogP contribution in [0.5, 0.6) is 0 Å². The molecule has 114 valence electrons. The Morgan fingerprint density at radius 1 is 1.33 bits per heavy atom. The molecule has 7 heteroatoms. The third-order valence-electron chi connectivity index (χ3n) is 2.76. The zero-order chi connectivity index (χ0) is 15.2. The molecule has 0 aliphatic carbocycles. The molecule has 4 nitrogen and oxygen atoms in total. The number of benzene rings is 1. The van der Waals surface area contributed by atoms with Crippen LogP contribution < -0.4 is 10.2 Å². The van der Waals surface area contributed by atoms with E-state index in [1.54, 1.807) is 6.07 Å². The maximum Gasteiger partial charge on any atom is 0.208 e. The summed E-state index contributed by atoms with van der Waals surface area (Å²) in [5.41, 5.74) is 0.954. The van der Waals surface area contributed by atoms with Gasteiger partial charge in [0.1, 0.15) is 5.82 Å². The Labute approximate surface area is 132 Å². The fraction of sp³-hybridized carbons (Fsp3) is 0.429. The highest BCUT2D eigenvalue weighted by molar-refractivity contribution is 8.01. The molecule has 1 aromatic carbocycles. The Morgan fingerprint density at radius 3 is 2.81 bits per heavy atom. The Hall–Kier alpha value is -1.18. The van der Waals surface area contributed by atoms with E-state index < -0.39 is 0 Å². The van der Waals surface area contributed by atoms with Crippen LogP contribution in [0.15, 0.2) is 27.4 Å². The molecule has 0 aliphatic rings. The Kier molecular flexibility index (Phi) is 5.96. The number of hydrogen-bond acceptors (Lipinski definition) is 6. The summed E-state index contributed by atoms with van der Waals surface area (Å²) < 4.78 is 14.9. The molecule has 0 radical (unpaired) electrons. The molecule has 0 fully saturated rings. The summed E-state index contributed by atoms with van der Waals surface area (Å²) in [6, 6.07) is 5.18. The van der Waals surface area contributed by atoms with Gasteiger partial charge < -0.3 is 10.2 Å². The van der Waals surface area contributed by atoms with Gasteiger partial charge in [0.25, 0.3) is 0 Å². The molecule has 0 atom stereocenters. The highest BCUT2D eigenvalue weighted by Crippen LogP contribution is 2.36. The van der Waals surface area contributed by atoms with Crippen molar-refractivity contribution >= 4 is 28.2 Å². The van der Waals surface area contributed by atoms with E-state index in [4.69, 9.17) is 0 Å². The predicted octanol–water partition coefficient (Wildman–Crippen LogP) is 3.39. The van der Waals surface area contributed by atoms with Gasteiger partial charge in [-0.1, -0.05) is 42.2 Å². The van der Waals surface area contributed by atoms with Gasteiger partial charge in [0, 0.05) is 20.6 Å². The maximum atomic E-state index is 14.1. The van der Waals surface area contributed by atoms with Gasteiger partial charge in [-0.2, -0.15) is 0 Å². The minimum absolute atomic E-state index is 0.211. The van der Waals surface area contributed by atoms with E-state index in [1.807, 2.05) is 25.1 Å². The lowest BCUT2D eigenvalue weighted by molar-refractivity contribution is 0.588. The topological polar surface area (TPSA) is 41.1 Å². The van der Waals surface area contributed by atoms with E-state index in [0.717, 1.165) is 28.0 Å². The van der Waals surface area contributed by atoms with Crippen LogP contribution in [0.1, 0.15) is 18.9 Å². The van der Waals surface area contributed by atoms with Crippen molar-refractivity contribution in [2.24, 2.45) is 0 Å². The fourth-order valence-electron chi connectivity index (χ4n) is 1.72. The molecule has 0 aliphatic heterocycles. The molecule has 2 rings (SSSR count). The standard InChI is InChI=1S/C14H19FN4S2/c1-4-8-16-9-10-6-5-7-11(15)12(10)20-14-18-17-13(21-14)19(2)3/h5-7,16H,4,8-9H2,1-3H3. The lowest BCUT2D eigenvalue weighted by atomic mass is 10.2. The smallest absolute Gasteiger partial charge is 0.208 e. The molecular formula is C14H19FN4S2. The van der Waals surface area contributed by atoms with Crippen LogP contribution in [0.3, 0.4) is 0 Å². The highest BCUT2D eigenvalue weighted by Gasteiger charge is 2.14. The van der Waals surface area contributed by atoms with Gasteiger partial charge in [0.2, 0.25) is 5.13 Å². The Balaban J connectivity index is 2.17. The van der Waals surface area contributed by atoms with Crippen molar-refractivity contribution in [2.75, 3.05) is 25.5 Å². The van der Waals surface area contributed by atoms with Crippen LogP contribution in [-0.2, 0) is 6.54 Å². The summed E-state index contributed by atoms with van der Waals surface area (Å²) in [6.45, 7) is 3.69. The van der Waals surface area contributed by atoms with Crippen LogP contribution in [0.4, 0.5) is 9.52 Å². The minimum atomic E-state index is -0.211. The van der Waals surface area contributed by atoms with Crippen molar-refractivity contribution < 1.29 is 4.39 Å². The van der Waals surface area contributed by atoms with E-state index in [9.17, 15) is 4.39 Å². The summed E-state index contributed by atoms with van der Waals surface area (Å²) in [6.07, 6.45) is 1.06. The first-order valence-corrected chi connectivity index (χ1v) is 8.42. The normalized spacial score (nSPS) is 10.9. The summed E-state index contributed by atoms with van der Waals surface area (Å²) in [5.74, 6) is -0.211. The summed E-state index contributed by atoms with van der Waals surface area (Å²) in [4.78, 5) is 2.52. The highest BCUT2D eigenvalue weighted by atomic mass is 32.2. The molecule has 21 heavy (non-hydrogen) atoms. The number of aromatic nitrogens is 2. The largest absolute Gasteiger partial charge is 0.353 e. The number of halogens is 1. The maximum absolute atomic E-state index is 14.1. The van der Waals surface area contributed by atoms with Gasteiger partial charge in [0.05, 0.1) is 4.90 Å². The molecule has 0 saturated carbocycles. The van der Waals surface area contributed by atoms with Gasteiger partial charge in [-0.3, -0.25) is 0 Å². The van der Waals surface area contributed by atoms with E-state index in [-0.39, 0.29) is 5.82 Å². The summed E-state index contributed by atoms with van der Waals surface area (Å²) in [5, 5.41) is 12.3. The monoisotopic (exact) mass is 326 g/mol. The van der Waals surface area contributed by atoms with E-state index in [0.29, 0.717) is 11.4 Å². The molecule has 2 aromatic rings. The minimum Gasteiger partial charge on any atom is -0.353 e. The van der Waals surface area contributed by atoms with Crippen LogP contribution in [-0.4, -0.2) is 30.8 Å². The summed E-state index contributed by atoms with van der Waals surface area (Å²) >= 11 is 2.80. The lowest BCUT2D eigenvalue weighted by Gasteiger charge is -2.09. The molecular weight excluding hydrogens is 307 g/mol. The second kappa shape index (κ2) is 7.72. The first-order chi connectivity index (χ1) is 10.1. The second-order valence-electron chi connectivity index (χ2n) is 4.75. The van der Waals surface area contributed by atoms with Crippen LogP contribution >= 0.6 is 23.1 Å². The fourth-order valence-corrected chi connectivity index (χ4v) is 3.55. The van der Waals surface area contributed by atoms with Gasteiger partial charge in [-0.15, -0.1) is 10.2 Å². The van der Waals surface area contributed by atoms with Gasteiger partial charge in [-0.05, 0) is 24.6 Å². The van der Waals surface area contributed by atoms with Crippen LogP contribution in [0, 0.1) is 5.82 Å². The average Bonchev–Trinajstić information content (AvgIpc) is 2.91. The first-order valence-electron chi connectivity index (χ1n) is 6.78. The number of anilines is 1. The van der Waals surface area contributed by atoms with Crippen molar-refractivity contribution in [2.45, 2.75) is 29.1 Å². The zero-order valence-electron chi connectivity index (χ0n) is 12.4. The van der Waals surface area contributed by atoms with E-state index in [1.165, 1.54) is 29.2 Å². The average molecular weight is 326 g/mol. The van der Waals surface area contributed by atoms with Gasteiger partial charge in [-0.25, -0.2) is 4.39 Å². The molecule has 0 amide bonds. The SMILES string of the molecule is CCCNCc1cccc(F)c1Sc1nnc(N(C)C)s1. The zero-order valence-corrected chi connectivity index (χ0v) is 14.0. The number of rotatable bonds is 7. The number of nitrogens with zero attached hydrogens (tertiary/aromatic N) is 3. The predicted molar refractivity (Wildman–Crippen MR) is 86.8 cm³/mol. The molecule has 0 spiro atoms. The molecule has 1 heterocycles. The van der Waals surface area contributed by atoms with E-state index in [2.05, 4.69) is 22.4 Å². The van der Waals surface area contributed by atoms with Crippen molar-refractivity contribution in [3.8, 4) is 0 Å². The molecule has 0 bridgehead atoms.